The van der Waals surface area contributed by atoms with Gasteiger partial charge in [-0.15, -0.1) is 0 Å². The van der Waals surface area contributed by atoms with Gasteiger partial charge in [0.05, 0.1) is 5.69 Å². The zero-order valence-corrected chi connectivity index (χ0v) is 7.53. The smallest absolute Gasteiger partial charge is 0.303 e. The monoisotopic (exact) mass is 183 g/mol. The largest absolute Gasteiger partial charge is 0.481 e. The average Bonchev–Trinajstić information content (AvgIpc) is 2.30. The zero-order chi connectivity index (χ0) is 9.84. The molecule has 0 fully saturated rings. The number of carboxylic acids is 1. The van der Waals surface area contributed by atoms with Crippen LogP contribution in [0.15, 0.2) is 6.07 Å². The van der Waals surface area contributed by atoms with Crippen LogP contribution in [0.3, 0.4) is 0 Å². The van der Waals surface area contributed by atoms with E-state index in [2.05, 4.69) is 5.10 Å². The van der Waals surface area contributed by atoms with Crippen LogP contribution in [-0.2, 0) is 18.3 Å². The van der Waals surface area contributed by atoms with Crippen LogP contribution in [0.4, 0.5) is 5.82 Å². The summed E-state index contributed by atoms with van der Waals surface area (Å²) in [6, 6.07) is 1.77. The summed E-state index contributed by atoms with van der Waals surface area (Å²) in [6.45, 7) is 0. The van der Waals surface area contributed by atoms with Gasteiger partial charge in [0.2, 0.25) is 0 Å². The topological polar surface area (TPSA) is 81.1 Å². The minimum Gasteiger partial charge on any atom is -0.481 e. The van der Waals surface area contributed by atoms with E-state index in [4.69, 9.17) is 10.8 Å². The summed E-state index contributed by atoms with van der Waals surface area (Å²) in [4.78, 5) is 10.2. The van der Waals surface area contributed by atoms with Gasteiger partial charge in [-0.25, -0.2) is 0 Å². The first-order valence-corrected chi connectivity index (χ1v) is 4.10. The molecule has 0 amide bonds. The average molecular weight is 183 g/mol. The number of nitrogens with zero attached hydrogens (tertiary/aromatic N) is 2. The summed E-state index contributed by atoms with van der Waals surface area (Å²) in [5, 5.41) is 12.5. The molecule has 0 aliphatic carbocycles. The summed E-state index contributed by atoms with van der Waals surface area (Å²) in [6.07, 6.45) is 1.44. The van der Waals surface area contributed by atoms with Crippen molar-refractivity contribution < 1.29 is 9.90 Å². The van der Waals surface area contributed by atoms with E-state index in [-0.39, 0.29) is 6.42 Å². The van der Waals surface area contributed by atoms with Gasteiger partial charge in [0.15, 0.2) is 0 Å². The van der Waals surface area contributed by atoms with E-state index in [1.54, 1.807) is 17.8 Å². The number of hydrogen-bond acceptors (Lipinski definition) is 3. The predicted molar refractivity (Wildman–Crippen MR) is 48.2 cm³/mol. The molecular weight excluding hydrogens is 170 g/mol. The maximum atomic E-state index is 10.2. The van der Waals surface area contributed by atoms with Crippen molar-refractivity contribution in [1.29, 1.82) is 0 Å². The molecule has 0 aliphatic rings. The zero-order valence-electron chi connectivity index (χ0n) is 7.53. The highest BCUT2D eigenvalue weighted by atomic mass is 16.4. The second-order valence-electron chi connectivity index (χ2n) is 2.93. The van der Waals surface area contributed by atoms with Crippen LogP contribution in [0.2, 0.25) is 0 Å². The second kappa shape index (κ2) is 3.93. The highest BCUT2D eigenvalue weighted by Crippen LogP contribution is 2.07. The number of nitrogen functional groups attached to an aromatic ring is 1. The molecule has 0 bridgehead atoms. The van der Waals surface area contributed by atoms with E-state index in [1.807, 2.05) is 0 Å². The highest BCUT2D eigenvalue weighted by molar-refractivity contribution is 5.66. The molecule has 1 aromatic rings. The fraction of sp³-hybridized carbons (Fsp3) is 0.500. The van der Waals surface area contributed by atoms with Gasteiger partial charge in [0, 0.05) is 19.5 Å². The summed E-state index contributed by atoms with van der Waals surface area (Å²) < 4.78 is 1.58. The van der Waals surface area contributed by atoms with Crippen LogP contribution in [0.1, 0.15) is 18.5 Å². The molecule has 1 heterocycles. The van der Waals surface area contributed by atoms with Gasteiger partial charge in [0.25, 0.3) is 0 Å². The first-order chi connectivity index (χ1) is 6.09. The van der Waals surface area contributed by atoms with Gasteiger partial charge in [-0.2, -0.15) is 5.10 Å². The van der Waals surface area contributed by atoms with Gasteiger partial charge in [-0.1, -0.05) is 0 Å². The van der Waals surface area contributed by atoms with Gasteiger partial charge in [-0.05, 0) is 12.8 Å². The van der Waals surface area contributed by atoms with Crippen LogP contribution in [0.25, 0.3) is 0 Å². The number of rotatable bonds is 4. The fourth-order valence-corrected chi connectivity index (χ4v) is 1.09. The number of hydrogen-bond donors (Lipinski definition) is 2. The molecule has 5 heteroatoms. The maximum absolute atomic E-state index is 10.2. The number of carboxylic acid groups (broad SMARTS) is 1. The molecule has 0 atom stereocenters. The molecule has 0 aromatic carbocycles. The Hall–Kier alpha value is -1.52. The number of anilines is 1. The van der Waals surface area contributed by atoms with Gasteiger partial charge in [-0.3, -0.25) is 9.48 Å². The maximum Gasteiger partial charge on any atom is 0.303 e. The Morgan fingerprint density at radius 2 is 2.46 bits per heavy atom. The van der Waals surface area contributed by atoms with Gasteiger partial charge >= 0.3 is 5.97 Å². The van der Waals surface area contributed by atoms with Gasteiger partial charge < -0.3 is 10.8 Å². The number of aryl methyl sites for hydroxylation is 2. The van der Waals surface area contributed by atoms with E-state index in [0.29, 0.717) is 18.7 Å². The molecule has 72 valence electrons. The molecule has 0 radical (unpaired) electrons. The minimum atomic E-state index is -0.774. The van der Waals surface area contributed by atoms with Crippen molar-refractivity contribution in [3.8, 4) is 0 Å². The lowest BCUT2D eigenvalue weighted by Crippen LogP contribution is -1.98. The summed E-state index contributed by atoms with van der Waals surface area (Å²) >= 11 is 0. The Morgan fingerprint density at radius 3 is 2.92 bits per heavy atom. The third kappa shape index (κ3) is 2.77. The van der Waals surface area contributed by atoms with E-state index in [9.17, 15) is 4.79 Å². The van der Waals surface area contributed by atoms with Crippen LogP contribution < -0.4 is 5.73 Å². The van der Waals surface area contributed by atoms with E-state index in [0.717, 1.165) is 5.69 Å². The van der Waals surface area contributed by atoms with Crippen molar-refractivity contribution in [3.63, 3.8) is 0 Å². The van der Waals surface area contributed by atoms with Crippen LogP contribution >= 0.6 is 0 Å². The molecule has 5 nitrogen and oxygen atoms in total. The first-order valence-electron chi connectivity index (χ1n) is 4.10. The molecule has 0 aliphatic heterocycles. The summed E-state index contributed by atoms with van der Waals surface area (Å²) in [7, 11) is 1.76. The Balaban J connectivity index is 2.41. The molecular formula is C8H13N3O2. The lowest BCUT2D eigenvalue weighted by molar-refractivity contribution is -0.137. The van der Waals surface area contributed by atoms with E-state index >= 15 is 0 Å². The lowest BCUT2D eigenvalue weighted by Gasteiger charge is -1.92. The standard InChI is InChI=1S/C8H13N3O2/c1-11-7(9)5-6(10-11)3-2-4-8(12)13/h5H,2-4,9H2,1H3,(H,12,13). The first kappa shape index (κ1) is 9.57. The summed E-state index contributed by atoms with van der Waals surface area (Å²) in [5.74, 6) is -0.172. The van der Waals surface area contributed by atoms with Crippen LogP contribution in [0, 0.1) is 0 Å². The molecule has 0 spiro atoms. The SMILES string of the molecule is Cn1nc(CCCC(=O)O)cc1N. The van der Waals surface area contributed by atoms with Crippen molar-refractivity contribution in [3.05, 3.63) is 11.8 Å². The van der Waals surface area contributed by atoms with E-state index < -0.39 is 5.97 Å². The molecule has 0 saturated carbocycles. The molecule has 1 rings (SSSR count). The predicted octanol–water partition coefficient (Wildman–Crippen LogP) is 0.410. The third-order valence-electron chi connectivity index (χ3n) is 1.79. The molecule has 0 saturated heterocycles. The van der Waals surface area contributed by atoms with Crippen molar-refractivity contribution in [1.82, 2.24) is 9.78 Å². The second-order valence-corrected chi connectivity index (χ2v) is 2.93. The normalized spacial score (nSPS) is 10.2. The Bertz CT molecular complexity index is 287. The van der Waals surface area contributed by atoms with Crippen molar-refractivity contribution in [2.24, 2.45) is 7.05 Å². The quantitative estimate of drug-likeness (QED) is 0.708. The van der Waals surface area contributed by atoms with Crippen molar-refractivity contribution in [2.45, 2.75) is 19.3 Å². The summed E-state index contributed by atoms with van der Waals surface area (Å²) in [5.41, 5.74) is 6.40. The van der Waals surface area contributed by atoms with E-state index in [1.165, 1.54) is 0 Å². The van der Waals surface area contributed by atoms with Crippen molar-refractivity contribution in [2.75, 3.05) is 5.73 Å². The third-order valence-corrected chi connectivity index (χ3v) is 1.79. The number of carbonyl (C=O) groups is 1. The van der Waals surface area contributed by atoms with Crippen LogP contribution in [-0.4, -0.2) is 20.9 Å². The number of aromatic nitrogens is 2. The molecule has 3 N–H and O–H groups in total. The van der Waals surface area contributed by atoms with Gasteiger partial charge in [0.1, 0.15) is 5.82 Å². The Kier molecular flexibility index (Phi) is 2.89. The Labute approximate surface area is 76.2 Å². The highest BCUT2D eigenvalue weighted by Gasteiger charge is 2.02. The van der Waals surface area contributed by atoms with Crippen LogP contribution in [0.5, 0.6) is 0 Å². The minimum absolute atomic E-state index is 0.177. The Morgan fingerprint density at radius 1 is 1.77 bits per heavy atom. The molecule has 13 heavy (non-hydrogen) atoms. The molecule has 0 unspecified atom stereocenters. The van der Waals surface area contributed by atoms with Crippen molar-refractivity contribution >= 4 is 11.8 Å². The fourth-order valence-electron chi connectivity index (χ4n) is 1.09. The number of nitrogens with two attached hydrogens (primary N) is 1. The molecule has 1 aromatic heterocycles. The number of aliphatic carboxylic acids is 1. The lowest BCUT2D eigenvalue weighted by atomic mass is 10.2.